The van der Waals surface area contributed by atoms with Gasteiger partial charge in [0.05, 0.1) is 5.02 Å². The van der Waals surface area contributed by atoms with Crippen LogP contribution in [0.15, 0.2) is 42.5 Å². The number of rotatable bonds is 4. The van der Waals surface area contributed by atoms with Crippen LogP contribution in [-0.4, -0.2) is 6.54 Å². The van der Waals surface area contributed by atoms with Crippen molar-refractivity contribution in [3.05, 3.63) is 63.9 Å². The molecule has 0 amide bonds. The minimum absolute atomic E-state index is 0.131. The molecule has 2 rings (SSSR count). The standard InChI is InChI=1S/C14H12Cl2FN/c15-11-3-1-10(2-4-11)7-8-18-12-5-6-14(17)13(16)9-12/h1-6,9,18H,7-8H2. The Hall–Kier alpha value is -1.25. The molecule has 0 atom stereocenters. The van der Waals surface area contributed by atoms with Crippen LogP contribution >= 0.6 is 23.2 Å². The maximum atomic E-state index is 13.0. The number of hydrogen-bond donors (Lipinski definition) is 1. The van der Waals surface area contributed by atoms with Gasteiger partial charge in [0, 0.05) is 17.3 Å². The van der Waals surface area contributed by atoms with Crippen molar-refractivity contribution in [2.24, 2.45) is 0 Å². The summed E-state index contributed by atoms with van der Waals surface area (Å²) in [5.74, 6) is -0.403. The number of halogens is 3. The van der Waals surface area contributed by atoms with Gasteiger partial charge in [0.1, 0.15) is 5.82 Å². The Kier molecular flexibility index (Phi) is 4.45. The molecule has 1 N–H and O–H groups in total. The molecule has 0 aliphatic carbocycles. The van der Waals surface area contributed by atoms with Crippen molar-refractivity contribution >= 4 is 28.9 Å². The van der Waals surface area contributed by atoms with Crippen molar-refractivity contribution in [3.63, 3.8) is 0 Å². The van der Waals surface area contributed by atoms with E-state index in [0.717, 1.165) is 23.7 Å². The van der Waals surface area contributed by atoms with Gasteiger partial charge in [-0.3, -0.25) is 0 Å². The molecule has 0 saturated heterocycles. The number of hydrogen-bond acceptors (Lipinski definition) is 1. The van der Waals surface area contributed by atoms with Crippen LogP contribution in [-0.2, 0) is 6.42 Å². The minimum Gasteiger partial charge on any atom is -0.385 e. The summed E-state index contributed by atoms with van der Waals surface area (Å²) in [5.41, 5.74) is 2.01. The maximum Gasteiger partial charge on any atom is 0.141 e. The summed E-state index contributed by atoms with van der Waals surface area (Å²) >= 11 is 11.5. The van der Waals surface area contributed by atoms with Crippen LogP contribution in [0.2, 0.25) is 10.0 Å². The number of nitrogens with one attached hydrogen (secondary N) is 1. The van der Waals surface area contributed by atoms with Gasteiger partial charge in [0.15, 0.2) is 0 Å². The predicted molar refractivity (Wildman–Crippen MR) is 75.1 cm³/mol. The first-order valence-corrected chi connectivity index (χ1v) is 6.34. The molecule has 0 saturated carbocycles. The normalized spacial score (nSPS) is 10.4. The van der Waals surface area contributed by atoms with Gasteiger partial charge in [0.2, 0.25) is 0 Å². The molecule has 2 aromatic rings. The SMILES string of the molecule is Fc1ccc(NCCc2ccc(Cl)cc2)cc1Cl. The van der Waals surface area contributed by atoms with Crippen LogP contribution < -0.4 is 5.32 Å². The summed E-state index contributed by atoms with van der Waals surface area (Å²) in [4.78, 5) is 0. The first kappa shape index (κ1) is 13.2. The molecule has 0 bridgehead atoms. The highest BCUT2D eigenvalue weighted by atomic mass is 35.5. The fraction of sp³-hybridized carbons (Fsp3) is 0.143. The summed E-state index contributed by atoms with van der Waals surface area (Å²) in [6.07, 6.45) is 0.867. The Morgan fingerprint density at radius 2 is 1.72 bits per heavy atom. The minimum atomic E-state index is -0.403. The van der Waals surface area contributed by atoms with E-state index in [-0.39, 0.29) is 5.02 Å². The zero-order chi connectivity index (χ0) is 13.0. The fourth-order valence-corrected chi connectivity index (χ4v) is 1.91. The Labute approximate surface area is 116 Å². The van der Waals surface area contributed by atoms with E-state index in [1.165, 1.54) is 11.6 Å². The van der Waals surface area contributed by atoms with Crippen LogP contribution in [0.4, 0.5) is 10.1 Å². The molecule has 0 aliphatic rings. The second-order valence-electron chi connectivity index (χ2n) is 3.93. The van der Waals surface area contributed by atoms with Crippen molar-refractivity contribution in [1.29, 1.82) is 0 Å². The lowest BCUT2D eigenvalue weighted by Gasteiger charge is -2.07. The Morgan fingerprint density at radius 1 is 1.00 bits per heavy atom. The van der Waals surface area contributed by atoms with Gasteiger partial charge >= 0.3 is 0 Å². The second kappa shape index (κ2) is 6.07. The van der Waals surface area contributed by atoms with Gasteiger partial charge < -0.3 is 5.32 Å². The van der Waals surface area contributed by atoms with Crippen molar-refractivity contribution in [2.45, 2.75) is 6.42 Å². The van der Waals surface area contributed by atoms with Gasteiger partial charge in [0.25, 0.3) is 0 Å². The Bertz CT molecular complexity index is 526. The van der Waals surface area contributed by atoms with Gasteiger partial charge in [-0.1, -0.05) is 35.3 Å². The zero-order valence-electron chi connectivity index (χ0n) is 9.59. The molecule has 0 aromatic heterocycles. The predicted octanol–water partition coefficient (Wildman–Crippen LogP) is 4.79. The third kappa shape index (κ3) is 3.62. The summed E-state index contributed by atoms with van der Waals surface area (Å²) in [6, 6.07) is 12.3. The molecule has 18 heavy (non-hydrogen) atoms. The molecular weight excluding hydrogens is 272 g/mol. The number of benzene rings is 2. The van der Waals surface area contributed by atoms with Crippen LogP contribution in [0.25, 0.3) is 0 Å². The van der Waals surface area contributed by atoms with Crippen LogP contribution in [0.3, 0.4) is 0 Å². The van der Waals surface area contributed by atoms with Crippen molar-refractivity contribution in [1.82, 2.24) is 0 Å². The lowest BCUT2D eigenvalue weighted by atomic mass is 10.1. The first-order valence-electron chi connectivity index (χ1n) is 5.58. The molecule has 0 fully saturated rings. The molecule has 0 aliphatic heterocycles. The molecule has 94 valence electrons. The van der Waals surface area contributed by atoms with Crippen molar-refractivity contribution in [3.8, 4) is 0 Å². The quantitative estimate of drug-likeness (QED) is 0.851. The third-order valence-corrected chi connectivity index (χ3v) is 3.12. The fourth-order valence-electron chi connectivity index (χ4n) is 1.61. The van der Waals surface area contributed by atoms with Crippen molar-refractivity contribution < 1.29 is 4.39 Å². The average Bonchev–Trinajstić information content (AvgIpc) is 2.36. The molecule has 0 heterocycles. The van der Waals surface area contributed by atoms with Crippen molar-refractivity contribution in [2.75, 3.05) is 11.9 Å². The van der Waals surface area contributed by atoms with Crippen LogP contribution in [0.5, 0.6) is 0 Å². The van der Waals surface area contributed by atoms with E-state index in [4.69, 9.17) is 23.2 Å². The Morgan fingerprint density at radius 3 is 2.39 bits per heavy atom. The summed E-state index contributed by atoms with van der Waals surface area (Å²) in [7, 11) is 0. The van der Waals surface area contributed by atoms with Gasteiger partial charge in [-0.25, -0.2) is 4.39 Å². The van der Waals surface area contributed by atoms with E-state index in [9.17, 15) is 4.39 Å². The molecule has 0 radical (unpaired) electrons. The molecule has 1 nitrogen and oxygen atoms in total. The third-order valence-electron chi connectivity index (χ3n) is 2.58. The molecule has 0 spiro atoms. The molecule has 2 aromatic carbocycles. The highest BCUT2D eigenvalue weighted by Gasteiger charge is 2.00. The van der Waals surface area contributed by atoms with Gasteiger partial charge in [-0.05, 0) is 42.3 Å². The summed E-state index contributed by atoms with van der Waals surface area (Å²) < 4.78 is 13.0. The summed E-state index contributed by atoms with van der Waals surface area (Å²) in [6.45, 7) is 0.754. The van der Waals surface area contributed by atoms with Crippen LogP contribution in [0, 0.1) is 5.82 Å². The largest absolute Gasteiger partial charge is 0.385 e. The highest BCUT2D eigenvalue weighted by Crippen LogP contribution is 2.19. The van der Waals surface area contributed by atoms with Crippen LogP contribution in [0.1, 0.15) is 5.56 Å². The lowest BCUT2D eigenvalue weighted by Crippen LogP contribution is -2.04. The monoisotopic (exact) mass is 283 g/mol. The number of anilines is 1. The van der Waals surface area contributed by atoms with E-state index < -0.39 is 5.82 Å². The highest BCUT2D eigenvalue weighted by molar-refractivity contribution is 6.31. The lowest BCUT2D eigenvalue weighted by molar-refractivity contribution is 0.628. The summed E-state index contributed by atoms with van der Waals surface area (Å²) in [5, 5.41) is 4.06. The average molecular weight is 284 g/mol. The maximum absolute atomic E-state index is 13.0. The van der Waals surface area contributed by atoms with Gasteiger partial charge in [-0.2, -0.15) is 0 Å². The van der Waals surface area contributed by atoms with E-state index in [1.54, 1.807) is 12.1 Å². The first-order chi connectivity index (χ1) is 8.65. The van der Waals surface area contributed by atoms with E-state index in [0.29, 0.717) is 0 Å². The Balaban J connectivity index is 1.88. The zero-order valence-corrected chi connectivity index (χ0v) is 11.1. The van der Waals surface area contributed by atoms with E-state index in [1.807, 2.05) is 24.3 Å². The smallest absolute Gasteiger partial charge is 0.141 e. The molecule has 4 heteroatoms. The van der Waals surface area contributed by atoms with E-state index >= 15 is 0 Å². The molecule has 0 unspecified atom stereocenters. The topological polar surface area (TPSA) is 12.0 Å². The molecular formula is C14H12Cl2FN. The second-order valence-corrected chi connectivity index (χ2v) is 4.78. The van der Waals surface area contributed by atoms with E-state index in [2.05, 4.69) is 5.32 Å². The van der Waals surface area contributed by atoms with Gasteiger partial charge in [-0.15, -0.1) is 0 Å².